The molecule has 3 rings (SSSR count). The zero-order valence-corrected chi connectivity index (χ0v) is 11.6. The second kappa shape index (κ2) is 4.98. The first-order chi connectivity index (χ1) is 10.4. The van der Waals surface area contributed by atoms with Gasteiger partial charge in [0.25, 0.3) is 5.56 Å². The van der Waals surface area contributed by atoms with Gasteiger partial charge >= 0.3 is 6.18 Å². The highest BCUT2D eigenvalue weighted by atomic mass is 19.4. The van der Waals surface area contributed by atoms with Crippen LogP contribution in [0.3, 0.4) is 0 Å². The molecule has 0 amide bonds. The number of hydrogen-bond acceptors (Lipinski definition) is 2. The van der Waals surface area contributed by atoms with E-state index in [0.717, 1.165) is 12.1 Å². The lowest BCUT2D eigenvalue weighted by atomic mass is 10.2. The van der Waals surface area contributed by atoms with Gasteiger partial charge in [-0.3, -0.25) is 9.36 Å². The fraction of sp³-hybridized carbons (Fsp3) is 0.125. The van der Waals surface area contributed by atoms with Crippen LogP contribution in [0.2, 0.25) is 0 Å². The number of aryl methyl sites for hydroxylation is 1. The summed E-state index contributed by atoms with van der Waals surface area (Å²) < 4.78 is 39.9. The molecule has 1 heterocycles. The van der Waals surface area contributed by atoms with Gasteiger partial charge in [-0.15, -0.1) is 0 Å². The molecule has 3 nitrogen and oxygen atoms in total. The standard InChI is InChI=1S/C16H11F3N2O/c1-10-15(22)21(14-8-3-2-7-13(14)20-10)12-6-4-5-11(9-12)16(17,18)19/h2-9H,1H3. The zero-order chi connectivity index (χ0) is 15.9. The van der Waals surface area contributed by atoms with E-state index in [1.807, 2.05) is 0 Å². The normalized spacial score (nSPS) is 11.8. The SMILES string of the molecule is Cc1nc2ccccc2n(-c2cccc(C(F)(F)F)c2)c1=O. The topological polar surface area (TPSA) is 34.9 Å². The minimum Gasteiger partial charge on any atom is -0.274 e. The number of nitrogens with zero attached hydrogens (tertiary/aromatic N) is 2. The maximum absolute atomic E-state index is 12.9. The van der Waals surface area contributed by atoms with Crippen LogP contribution in [0.5, 0.6) is 0 Å². The van der Waals surface area contributed by atoms with Crippen molar-refractivity contribution >= 4 is 11.0 Å². The molecule has 22 heavy (non-hydrogen) atoms. The molecule has 3 aromatic rings. The van der Waals surface area contributed by atoms with Crippen molar-refractivity contribution in [1.29, 1.82) is 0 Å². The first kappa shape index (κ1) is 14.3. The predicted molar refractivity (Wildman–Crippen MR) is 77.1 cm³/mol. The van der Waals surface area contributed by atoms with E-state index in [1.54, 1.807) is 31.2 Å². The van der Waals surface area contributed by atoms with E-state index in [9.17, 15) is 18.0 Å². The molecule has 112 valence electrons. The zero-order valence-electron chi connectivity index (χ0n) is 11.6. The summed E-state index contributed by atoms with van der Waals surface area (Å²) in [5, 5.41) is 0. The summed E-state index contributed by atoms with van der Waals surface area (Å²) in [5.74, 6) is 0. The Bertz CT molecular complexity index is 913. The quantitative estimate of drug-likeness (QED) is 0.687. The highest BCUT2D eigenvalue weighted by Crippen LogP contribution is 2.30. The molecule has 0 saturated heterocycles. The van der Waals surface area contributed by atoms with Crippen molar-refractivity contribution in [2.45, 2.75) is 13.1 Å². The number of halogens is 3. The van der Waals surface area contributed by atoms with Gasteiger partial charge in [0.15, 0.2) is 0 Å². The van der Waals surface area contributed by atoms with E-state index in [4.69, 9.17) is 0 Å². The molecule has 0 radical (unpaired) electrons. The number of alkyl halides is 3. The highest BCUT2D eigenvalue weighted by molar-refractivity contribution is 5.76. The summed E-state index contributed by atoms with van der Waals surface area (Å²) in [4.78, 5) is 16.5. The van der Waals surface area contributed by atoms with E-state index in [1.165, 1.54) is 16.7 Å². The van der Waals surface area contributed by atoms with Gasteiger partial charge in [0, 0.05) is 5.69 Å². The molecule has 0 N–H and O–H groups in total. The van der Waals surface area contributed by atoms with E-state index < -0.39 is 17.3 Å². The molecule has 0 aliphatic rings. The van der Waals surface area contributed by atoms with Crippen molar-refractivity contribution in [3.63, 3.8) is 0 Å². The van der Waals surface area contributed by atoms with Crippen LogP contribution in [0.25, 0.3) is 16.7 Å². The molecular formula is C16H11F3N2O. The van der Waals surface area contributed by atoms with E-state index in [2.05, 4.69) is 4.98 Å². The lowest BCUT2D eigenvalue weighted by molar-refractivity contribution is -0.137. The maximum Gasteiger partial charge on any atom is 0.416 e. The van der Waals surface area contributed by atoms with Crippen molar-refractivity contribution in [1.82, 2.24) is 9.55 Å². The predicted octanol–water partition coefficient (Wildman–Crippen LogP) is 3.71. The molecule has 0 bridgehead atoms. The third-order valence-corrected chi connectivity index (χ3v) is 3.36. The van der Waals surface area contributed by atoms with Crippen LogP contribution in [0.15, 0.2) is 53.3 Å². The smallest absolute Gasteiger partial charge is 0.274 e. The van der Waals surface area contributed by atoms with Crippen molar-refractivity contribution in [3.05, 3.63) is 70.1 Å². The number of para-hydroxylation sites is 2. The number of rotatable bonds is 1. The first-order valence-corrected chi connectivity index (χ1v) is 6.54. The Kier molecular flexibility index (Phi) is 3.24. The Balaban J connectivity index is 2.36. The lowest BCUT2D eigenvalue weighted by Crippen LogP contribution is -2.23. The van der Waals surface area contributed by atoms with Gasteiger partial charge in [-0.05, 0) is 37.3 Å². The van der Waals surface area contributed by atoms with Gasteiger partial charge < -0.3 is 0 Å². The third-order valence-electron chi connectivity index (χ3n) is 3.36. The monoisotopic (exact) mass is 304 g/mol. The molecule has 0 aliphatic heterocycles. The van der Waals surface area contributed by atoms with E-state index >= 15 is 0 Å². The second-order valence-corrected chi connectivity index (χ2v) is 4.87. The van der Waals surface area contributed by atoms with E-state index in [0.29, 0.717) is 11.0 Å². The van der Waals surface area contributed by atoms with Crippen LogP contribution in [0, 0.1) is 6.92 Å². The van der Waals surface area contributed by atoms with Crippen LogP contribution >= 0.6 is 0 Å². The molecule has 6 heteroatoms. The molecule has 1 aromatic heterocycles. The Morgan fingerprint density at radius 1 is 1.05 bits per heavy atom. The van der Waals surface area contributed by atoms with Gasteiger partial charge in [-0.1, -0.05) is 18.2 Å². The van der Waals surface area contributed by atoms with Crippen molar-refractivity contribution in [3.8, 4) is 5.69 Å². The van der Waals surface area contributed by atoms with Gasteiger partial charge in [0.2, 0.25) is 0 Å². The summed E-state index contributed by atoms with van der Waals surface area (Å²) in [6.07, 6.45) is -4.46. The average Bonchev–Trinajstić information content (AvgIpc) is 2.48. The lowest BCUT2D eigenvalue weighted by Gasteiger charge is -2.13. The van der Waals surface area contributed by atoms with Crippen molar-refractivity contribution in [2.24, 2.45) is 0 Å². The van der Waals surface area contributed by atoms with Crippen LogP contribution in [-0.2, 0) is 6.18 Å². The number of benzene rings is 2. The average molecular weight is 304 g/mol. The Morgan fingerprint density at radius 3 is 2.50 bits per heavy atom. The molecule has 0 saturated carbocycles. The van der Waals surface area contributed by atoms with Crippen LogP contribution in [0.1, 0.15) is 11.3 Å². The first-order valence-electron chi connectivity index (χ1n) is 6.54. The summed E-state index contributed by atoms with van der Waals surface area (Å²) >= 11 is 0. The third kappa shape index (κ3) is 2.36. The highest BCUT2D eigenvalue weighted by Gasteiger charge is 2.30. The van der Waals surface area contributed by atoms with Gasteiger partial charge in [-0.25, -0.2) is 4.98 Å². The molecule has 2 aromatic carbocycles. The number of fused-ring (bicyclic) bond motifs is 1. The molecule has 0 unspecified atom stereocenters. The van der Waals surface area contributed by atoms with Gasteiger partial charge in [0.1, 0.15) is 5.69 Å². The summed E-state index contributed by atoms with van der Waals surface area (Å²) in [7, 11) is 0. The van der Waals surface area contributed by atoms with Crippen LogP contribution in [0.4, 0.5) is 13.2 Å². The fourth-order valence-corrected chi connectivity index (χ4v) is 2.33. The Hall–Kier alpha value is -2.63. The van der Waals surface area contributed by atoms with Crippen molar-refractivity contribution in [2.75, 3.05) is 0 Å². The fourth-order valence-electron chi connectivity index (χ4n) is 2.33. The molecule has 0 spiro atoms. The molecule has 0 aliphatic carbocycles. The van der Waals surface area contributed by atoms with Crippen LogP contribution < -0.4 is 5.56 Å². The summed E-state index contributed by atoms with van der Waals surface area (Å²) in [5.41, 5.74) is 0.195. The molecule has 0 fully saturated rings. The van der Waals surface area contributed by atoms with Gasteiger partial charge in [0.05, 0.1) is 16.6 Å². The van der Waals surface area contributed by atoms with Gasteiger partial charge in [-0.2, -0.15) is 13.2 Å². The Morgan fingerprint density at radius 2 is 1.77 bits per heavy atom. The Labute approximate surface area is 123 Å². The molecular weight excluding hydrogens is 293 g/mol. The largest absolute Gasteiger partial charge is 0.416 e. The number of hydrogen-bond donors (Lipinski definition) is 0. The maximum atomic E-state index is 12.9. The summed E-state index contributed by atoms with van der Waals surface area (Å²) in [6, 6.07) is 11.5. The minimum absolute atomic E-state index is 0.168. The minimum atomic E-state index is -4.46. The van der Waals surface area contributed by atoms with E-state index in [-0.39, 0.29) is 11.4 Å². The molecule has 0 atom stereocenters. The second-order valence-electron chi connectivity index (χ2n) is 4.87. The van der Waals surface area contributed by atoms with Crippen LogP contribution in [-0.4, -0.2) is 9.55 Å². The summed E-state index contributed by atoms with van der Waals surface area (Å²) in [6.45, 7) is 1.54. The van der Waals surface area contributed by atoms with Crippen molar-refractivity contribution < 1.29 is 13.2 Å². The number of aromatic nitrogens is 2.